The van der Waals surface area contributed by atoms with Crippen LogP contribution in [0.5, 0.6) is 5.88 Å². The molecule has 0 atom stereocenters. The second-order valence-electron chi connectivity index (χ2n) is 13.0. The van der Waals surface area contributed by atoms with Gasteiger partial charge in [-0.05, 0) is 70.9 Å². The van der Waals surface area contributed by atoms with Crippen molar-refractivity contribution in [2.24, 2.45) is 0 Å². The number of aromatic nitrogens is 5. The third-order valence-electron chi connectivity index (χ3n) is 9.07. The highest BCUT2D eigenvalue weighted by atomic mass is 32.2. The van der Waals surface area contributed by atoms with E-state index in [1.54, 1.807) is 0 Å². The number of fused-ring (bicyclic) bond motifs is 4. The number of H-pyrrole nitrogens is 1. The standard InChI is InChI=1S/C37H39N5OS/c1-20(2)24-16-27(21(3)4)34(28(17-24)22(5)6)44-43-37-33-29(23-10-9-11-23)18-38-19-31(33)41-35(42-37)26-14-15-39-36-32(26)25-12-7-8-13-30(25)40-36/h7-8,12-23H,9-11H2,1-6H3,(H,39,40). The van der Waals surface area contributed by atoms with E-state index < -0.39 is 0 Å². The van der Waals surface area contributed by atoms with Crippen LogP contribution in [0.25, 0.3) is 44.2 Å². The van der Waals surface area contributed by atoms with E-state index in [-0.39, 0.29) is 0 Å². The maximum atomic E-state index is 6.80. The summed E-state index contributed by atoms with van der Waals surface area (Å²) in [4.78, 5) is 24.2. The van der Waals surface area contributed by atoms with E-state index in [4.69, 9.17) is 14.2 Å². The van der Waals surface area contributed by atoms with Crippen LogP contribution in [0.2, 0.25) is 0 Å². The quantitative estimate of drug-likeness (QED) is 0.175. The molecule has 1 N–H and O–H groups in total. The van der Waals surface area contributed by atoms with E-state index in [1.807, 2.05) is 30.7 Å². The van der Waals surface area contributed by atoms with Gasteiger partial charge in [0.05, 0.1) is 34.0 Å². The second kappa shape index (κ2) is 11.5. The molecule has 6 aromatic rings. The lowest BCUT2D eigenvalue weighted by atomic mass is 9.79. The molecule has 0 amide bonds. The monoisotopic (exact) mass is 601 g/mol. The minimum atomic E-state index is 0.358. The zero-order chi connectivity index (χ0) is 30.5. The maximum Gasteiger partial charge on any atom is 0.240 e. The topological polar surface area (TPSA) is 76.6 Å². The average molecular weight is 602 g/mol. The predicted molar refractivity (Wildman–Crippen MR) is 182 cm³/mol. The summed E-state index contributed by atoms with van der Waals surface area (Å²) >= 11 is 1.45. The number of pyridine rings is 2. The van der Waals surface area contributed by atoms with Gasteiger partial charge in [-0.15, -0.1) is 0 Å². The van der Waals surface area contributed by atoms with Crippen LogP contribution in [-0.2, 0) is 0 Å². The van der Waals surface area contributed by atoms with Gasteiger partial charge in [-0.25, -0.2) is 9.97 Å². The molecule has 1 saturated carbocycles. The zero-order valence-corrected chi connectivity index (χ0v) is 27.1. The van der Waals surface area contributed by atoms with Gasteiger partial charge in [0.2, 0.25) is 5.88 Å². The van der Waals surface area contributed by atoms with Gasteiger partial charge in [-0.2, -0.15) is 4.98 Å². The Bertz CT molecular complexity index is 1980. The van der Waals surface area contributed by atoms with Crippen LogP contribution in [0.4, 0.5) is 0 Å². The first-order valence-electron chi connectivity index (χ1n) is 15.8. The van der Waals surface area contributed by atoms with Gasteiger partial charge in [0.25, 0.3) is 0 Å². The molecule has 0 unspecified atom stereocenters. The van der Waals surface area contributed by atoms with E-state index >= 15 is 0 Å². The summed E-state index contributed by atoms with van der Waals surface area (Å²) in [6.07, 6.45) is 9.21. The van der Waals surface area contributed by atoms with Gasteiger partial charge in [-0.3, -0.25) is 4.98 Å². The Morgan fingerprint density at radius 3 is 2.30 bits per heavy atom. The van der Waals surface area contributed by atoms with E-state index in [0.29, 0.717) is 35.4 Å². The second-order valence-corrected chi connectivity index (χ2v) is 13.8. The molecule has 1 fully saturated rings. The first kappa shape index (κ1) is 28.8. The molecule has 0 radical (unpaired) electrons. The lowest BCUT2D eigenvalue weighted by Gasteiger charge is -2.27. The Kier molecular flexibility index (Phi) is 7.53. The number of nitrogens with zero attached hydrogens (tertiary/aromatic N) is 4. The normalized spacial score (nSPS) is 14.0. The summed E-state index contributed by atoms with van der Waals surface area (Å²) in [5.74, 6) is 2.84. The van der Waals surface area contributed by atoms with Gasteiger partial charge in [0, 0.05) is 34.2 Å². The highest BCUT2D eigenvalue weighted by Gasteiger charge is 2.27. The molecule has 7 rings (SSSR count). The number of hydrogen-bond acceptors (Lipinski definition) is 6. The molecule has 224 valence electrons. The summed E-state index contributed by atoms with van der Waals surface area (Å²) in [7, 11) is 0. The van der Waals surface area contributed by atoms with E-state index in [1.165, 1.54) is 45.6 Å². The molecule has 0 bridgehead atoms. The molecule has 4 heterocycles. The molecule has 1 aliphatic carbocycles. The molecule has 0 spiro atoms. The molecule has 2 aromatic carbocycles. The first-order chi connectivity index (χ1) is 21.3. The van der Waals surface area contributed by atoms with Crippen molar-refractivity contribution >= 4 is 44.9 Å². The predicted octanol–water partition coefficient (Wildman–Crippen LogP) is 10.4. The van der Waals surface area contributed by atoms with Crippen LogP contribution in [0.3, 0.4) is 0 Å². The Hall–Kier alpha value is -3.97. The fraction of sp³-hybridized carbons (Fsp3) is 0.351. The number of aromatic amines is 1. The summed E-state index contributed by atoms with van der Waals surface area (Å²) in [6, 6.07) is 15.0. The molecule has 44 heavy (non-hydrogen) atoms. The first-order valence-corrected chi connectivity index (χ1v) is 16.6. The number of hydrogen-bond donors (Lipinski definition) is 1. The molecule has 7 heteroatoms. The number of benzene rings is 2. The Morgan fingerprint density at radius 2 is 1.61 bits per heavy atom. The molecular weight excluding hydrogens is 563 g/mol. The van der Waals surface area contributed by atoms with Crippen molar-refractivity contribution in [2.75, 3.05) is 0 Å². The molecule has 4 aromatic heterocycles. The van der Waals surface area contributed by atoms with Crippen molar-refractivity contribution in [3.05, 3.63) is 83.3 Å². The largest absolute Gasteiger partial charge is 0.400 e. The zero-order valence-electron chi connectivity index (χ0n) is 26.3. The van der Waals surface area contributed by atoms with Crippen LogP contribution in [0.1, 0.15) is 107 Å². The van der Waals surface area contributed by atoms with E-state index in [2.05, 4.69) is 86.8 Å². The van der Waals surface area contributed by atoms with Crippen LogP contribution in [0.15, 0.2) is 66.0 Å². The SMILES string of the molecule is CC(C)c1cc(C(C)C)c(SOc2nc(-c3ccnc4[nH]c5ccccc5c34)nc3cncc(C4CCC4)c23)c(C(C)C)c1. The lowest BCUT2D eigenvalue weighted by molar-refractivity contribution is 0.420. The summed E-state index contributed by atoms with van der Waals surface area (Å²) in [5.41, 5.74) is 8.78. The van der Waals surface area contributed by atoms with Crippen LogP contribution in [0, 0.1) is 0 Å². The van der Waals surface area contributed by atoms with Crippen molar-refractivity contribution in [1.82, 2.24) is 24.9 Å². The molecule has 0 aliphatic heterocycles. The van der Waals surface area contributed by atoms with Crippen LogP contribution >= 0.6 is 12.0 Å². The van der Waals surface area contributed by atoms with Crippen molar-refractivity contribution in [3.63, 3.8) is 0 Å². The van der Waals surface area contributed by atoms with Gasteiger partial charge in [-0.1, -0.05) is 78.3 Å². The van der Waals surface area contributed by atoms with Crippen molar-refractivity contribution < 1.29 is 4.18 Å². The van der Waals surface area contributed by atoms with Crippen molar-refractivity contribution in [2.45, 2.75) is 89.4 Å². The average Bonchev–Trinajstić information content (AvgIpc) is 3.37. The maximum absolute atomic E-state index is 6.80. The van der Waals surface area contributed by atoms with Gasteiger partial charge < -0.3 is 9.17 Å². The molecule has 6 nitrogen and oxygen atoms in total. The highest BCUT2D eigenvalue weighted by molar-refractivity contribution is 7.95. The third kappa shape index (κ3) is 5.01. The van der Waals surface area contributed by atoms with Crippen molar-refractivity contribution in [3.8, 4) is 17.3 Å². The smallest absolute Gasteiger partial charge is 0.240 e. The van der Waals surface area contributed by atoms with Gasteiger partial charge in [0.1, 0.15) is 5.65 Å². The third-order valence-corrected chi connectivity index (χ3v) is 9.95. The van der Waals surface area contributed by atoms with Crippen molar-refractivity contribution in [1.29, 1.82) is 0 Å². The van der Waals surface area contributed by atoms with E-state index in [0.717, 1.165) is 51.2 Å². The fourth-order valence-electron chi connectivity index (χ4n) is 6.30. The minimum Gasteiger partial charge on any atom is -0.400 e. The summed E-state index contributed by atoms with van der Waals surface area (Å²) in [6.45, 7) is 13.6. The summed E-state index contributed by atoms with van der Waals surface area (Å²) < 4.78 is 6.80. The Balaban J connectivity index is 1.41. The Labute approximate surface area is 263 Å². The fourth-order valence-corrected chi connectivity index (χ4v) is 7.37. The number of rotatable bonds is 8. The van der Waals surface area contributed by atoms with Crippen LogP contribution in [-0.4, -0.2) is 24.9 Å². The number of para-hydroxylation sites is 1. The molecular formula is C37H39N5OS. The van der Waals surface area contributed by atoms with E-state index in [9.17, 15) is 0 Å². The molecule has 0 saturated heterocycles. The highest BCUT2D eigenvalue weighted by Crippen LogP contribution is 2.45. The molecule has 1 aliphatic rings. The van der Waals surface area contributed by atoms with Gasteiger partial charge >= 0.3 is 0 Å². The number of nitrogens with one attached hydrogen (secondary N) is 1. The van der Waals surface area contributed by atoms with Crippen LogP contribution < -0.4 is 4.18 Å². The summed E-state index contributed by atoms with van der Waals surface area (Å²) in [5, 5.41) is 3.08. The van der Waals surface area contributed by atoms with Gasteiger partial charge in [0.15, 0.2) is 5.82 Å². The lowest BCUT2D eigenvalue weighted by Crippen LogP contribution is -2.11. The minimum absolute atomic E-state index is 0.358. The Morgan fingerprint density at radius 1 is 0.864 bits per heavy atom.